The third kappa shape index (κ3) is 5.81. The van der Waals surface area contributed by atoms with Gasteiger partial charge >= 0.3 is 0 Å². The SMILES string of the molecule is CCS(=O)(=O)NCC(C)NCCc1ncc[nH]1. The number of aromatic amines is 1. The Morgan fingerprint density at radius 3 is 2.88 bits per heavy atom. The lowest BCUT2D eigenvalue weighted by Crippen LogP contribution is -2.40. The van der Waals surface area contributed by atoms with Crippen LogP contribution < -0.4 is 10.0 Å². The maximum absolute atomic E-state index is 11.2. The van der Waals surface area contributed by atoms with E-state index in [0.717, 1.165) is 18.8 Å². The van der Waals surface area contributed by atoms with Gasteiger partial charge in [0.15, 0.2) is 0 Å². The average molecular weight is 260 g/mol. The van der Waals surface area contributed by atoms with Crippen molar-refractivity contribution in [3.63, 3.8) is 0 Å². The van der Waals surface area contributed by atoms with Gasteiger partial charge in [-0.25, -0.2) is 18.1 Å². The van der Waals surface area contributed by atoms with Gasteiger partial charge in [-0.3, -0.25) is 0 Å². The summed E-state index contributed by atoms with van der Waals surface area (Å²) in [6.45, 7) is 4.74. The lowest BCUT2D eigenvalue weighted by molar-refractivity contribution is 0.524. The van der Waals surface area contributed by atoms with Crippen molar-refractivity contribution >= 4 is 10.0 Å². The average Bonchev–Trinajstić information content (AvgIpc) is 2.80. The van der Waals surface area contributed by atoms with Crippen LogP contribution in [0.5, 0.6) is 0 Å². The number of imidazole rings is 1. The van der Waals surface area contributed by atoms with E-state index in [1.807, 2.05) is 6.92 Å². The molecule has 98 valence electrons. The van der Waals surface area contributed by atoms with E-state index in [-0.39, 0.29) is 11.8 Å². The van der Waals surface area contributed by atoms with Gasteiger partial charge in [0, 0.05) is 37.9 Å². The van der Waals surface area contributed by atoms with Crippen LogP contribution in [0.3, 0.4) is 0 Å². The number of nitrogens with one attached hydrogen (secondary N) is 3. The first-order valence-corrected chi connectivity index (χ1v) is 7.37. The standard InChI is InChI=1S/C10H20N4O2S/c1-3-17(15,16)14-8-9(2)11-5-4-10-12-6-7-13-10/h6-7,9,11,14H,3-5,8H2,1-2H3,(H,12,13). The molecule has 0 bridgehead atoms. The second-order valence-electron chi connectivity index (χ2n) is 3.89. The minimum Gasteiger partial charge on any atom is -0.349 e. The van der Waals surface area contributed by atoms with Gasteiger partial charge in [0.25, 0.3) is 0 Å². The van der Waals surface area contributed by atoms with Crippen LogP contribution in [0.2, 0.25) is 0 Å². The number of aromatic nitrogens is 2. The van der Waals surface area contributed by atoms with Crippen molar-refractivity contribution in [2.45, 2.75) is 26.3 Å². The quantitative estimate of drug-likeness (QED) is 0.607. The number of hydrogen-bond acceptors (Lipinski definition) is 4. The van der Waals surface area contributed by atoms with E-state index >= 15 is 0 Å². The van der Waals surface area contributed by atoms with Crippen molar-refractivity contribution in [1.82, 2.24) is 20.0 Å². The van der Waals surface area contributed by atoms with Crippen molar-refractivity contribution in [3.8, 4) is 0 Å². The molecule has 6 nitrogen and oxygen atoms in total. The Balaban J connectivity index is 2.15. The summed E-state index contributed by atoms with van der Waals surface area (Å²) >= 11 is 0. The monoisotopic (exact) mass is 260 g/mol. The van der Waals surface area contributed by atoms with Crippen molar-refractivity contribution in [2.24, 2.45) is 0 Å². The summed E-state index contributed by atoms with van der Waals surface area (Å²) < 4.78 is 25.0. The van der Waals surface area contributed by atoms with Crippen molar-refractivity contribution < 1.29 is 8.42 Å². The number of hydrogen-bond donors (Lipinski definition) is 3. The summed E-state index contributed by atoms with van der Waals surface area (Å²) in [5, 5.41) is 3.23. The largest absolute Gasteiger partial charge is 0.349 e. The lowest BCUT2D eigenvalue weighted by atomic mass is 10.3. The summed E-state index contributed by atoms with van der Waals surface area (Å²) in [6, 6.07) is 0.103. The third-order valence-electron chi connectivity index (χ3n) is 2.40. The number of sulfonamides is 1. The zero-order chi connectivity index (χ0) is 12.7. The predicted octanol–water partition coefficient (Wildman–Crippen LogP) is -0.130. The van der Waals surface area contributed by atoms with Gasteiger partial charge in [-0.2, -0.15) is 0 Å². The minimum absolute atomic E-state index is 0.103. The molecule has 17 heavy (non-hydrogen) atoms. The van der Waals surface area contributed by atoms with Gasteiger partial charge < -0.3 is 10.3 Å². The van der Waals surface area contributed by atoms with Gasteiger partial charge in [-0.15, -0.1) is 0 Å². The van der Waals surface area contributed by atoms with E-state index < -0.39 is 10.0 Å². The lowest BCUT2D eigenvalue weighted by Gasteiger charge is -2.13. The Hall–Kier alpha value is -0.920. The number of nitrogens with zero attached hydrogens (tertiary/aromatic N) is 1. The highest BCUT2D eigenvalue weighted by Gasteiger charge is 2.08. The Bertz CT molecular complexity index is 402. The molecule has 0 saturated carbocycles. The fraction of sp³-hybridized carbons (Fsp3) is 0.700. The zero-order valence-corrected chi connectivity index (χ0v) is 11.0. The second-order valence-corrected chi connectivity index (χ2v) is 5.99. The van der Waals surface area contributed by atoms with E-state index in [9.17, 15) is 8.42 Å². The zero-order valence-electron chi connectivity index (χ0n) is 10.2. The van der Waals surface area contributed by atoms with E-state index in [1.165, 1.54) is 0 Å². The topological polar surface area (TPSA) is 86.9 Å². The molecule has 0 aromatic carbocycles. The van der Waals surface area contributed by atoms with Gasteiger partial charge in [-0.05, 0) is 13.8 Å². The van der Waals surface area contributed by atoms with Crippen LogP contribution in [-0.2, 0) is 16.4 Å². The molecule has 0 aliphatic carbocycles. The van der Waals surface area contributed by atoms with Crippen LogP contribution in [-0.4, -0.2) is 43.3 Å². The highest BCUT2D eigenvalue weighted by molar-refractivity contribution is 7.89. The molecule has 3 N–H and O–H groups in total. The number of H-pyrrole nitrogens is 1. The fourth-order valence-corrected chi connectivity index (χ4v) is 2.01. The molecule has 1 aromatic heterocycles. The van der Waals surface area contributed by atoms with Crippen molar-refractivity contribution in [2.75, 3.05) is 18.8 Å². The summed E-state index contributed by atoms with van der Waals surface area (Å²) in [5.41, 5.74) is 0. The molecule has 1 heterocycles. The van der Waals surface area contributed by atoms with Gasteiger partial charge in [0.05, 0.1) is 5.75 Å². The highest BCUT2D eigenvalue weighted by Crippen LogP contribution is 1.90. The number of rotatable bonds is 8. The molecule has 0 saturated heterocycles. The third-order valence-corrected chi connectivity index (χ3v) is 3.77. The van der Waals surface area contributed by atoms with Gasteiger partial charge in [-0.1, -0.05) is 0 Å². The summed E-state index contributed by atoms with van der Waals surface area (Å²) in [5.74, 6) is 1.05. The maximum atomic E-state index is 11.2. The van der Waals surface area contributed by atoms with E-state index in [2.05, 4.69) is 20.0 Å². The molecule has 0 radical (unpaired) electrons. The first-order valence-electron chi connectivity index (χ1n) is 5.72. The minimum atomic E-state index is -3.09. The van der Waals surface area contributed by atoms with Crippen LogP contribution in [0.1, 0.15) is 19.7 Å². The summed E-state index contributed by atoms with van der Waals surface area (Å²) in [6.07, 6.45) is 4.31. The van der Waals surface area contributed by atoms with E-state index in [1.54, 1.807) is 19.3 Å². The molecule has 1 unspecified atom stereocenters. The molecule has 0 fully saturated rings. The second kappa shape index (κ2) is 6.73. The van der Waals surface area contributed by atoms with Crippen molar-refractivity contribution in [3.05, 3.63) is 18.2 Å². The Morgan fingerprint density at radius 1 is 1.53 bits per heavy atom. The maximum Gasteiger partial charge on any atom is 0.211 e. The fourth-order valence-electron chi connectivity index (χ4n) is 1.30. The van der Waals surface area contributed by atoms with Crippen LogP contribution in [0.4, 0.5) is 0 Å². The Morgan fingerprint density at radius 2 is 2.29 bits per heavy atom. The van der Waals surface area contributed by atoms with Crippen LogP contribution >= 0.6 is 0 Å². The molecular weight excluding hydrogens is 240 g/mol. The van der Waals surface area contributed by atoms with Gasteiger partial charge in [0.2, 0.25) is 10.0 Å². The normalized spacial score (nSPS) is 13.8. The molecular formula is C10H20N4O2S. The first kappa shape index (κ1) is 14.1. The molecule has 7 heteroatoms. The summed E-state index contributed by atoms with van der Waals surface area (Å²) in [7, 11) is -3.09. The Kier molecular flexibility index (Phi) is 5.60. The first-order chi connectivity index (χ1) is 8.03. The van der Waals surface area contributed by atoms with E-state index in [0.29, 0.717) is 6.54 Å². The molecule has 1 atom stereocenters. The predicted molar refractivity (Wildman–Crippen MR) is 67.2 cm³/mol. The molecule has 0 aliphatic heterocycles. The van der Waals surface area contributed by atoms with E-state index in [4.69, 9.17) is 0 Å². The van der Waals surface area contributed by atoms with Crippen molar-refractivity contribution in [1.29, 1.82) is 0 Å². The van der Waals surface area contributed by atoms with Crippen LogP contribution in [0.15, 0.2) is 12.4 Å². The molecule has 1 aromatic rings. The summed E-state index contributed by atoms with van der Waals surface area (Å²) in [4.78, 5) is 7.12. The smallest absolute Gasteiger partial charge is 0.211 e. The molecule has 1 rings (SSSR count). The molecule has 0 aliphatic rings. The highest BCUT2D eigenvalue weighted by atomic mass is 32.2. The molecule has 0 spiro atoms. The Labute approximate surface area is 102 Å². The van der Waals surface area contributed by atoms with Crippen LogP contribution in [0, 0.1) is 0 Å². The molecule has 0 amide bonds. The van der Waals surface area contributed by atoms with Gasteiger partial charge in [0.1, 0.15) is 5.82 Å². The van der Waals surface area contributed by atoms with Crippen LogP contribution in [0.25, 0.3) is 0 Å².